The van der Waals surface area contributed by atoms with Crippen LogP contribution in [-0.2, 0) is 6.42 Å². The van der Waals surface area contributed by atoms with Crippen LogP contribution in [0.2, 0.25) is 0 Å². The van der Waals surface area contributed by atoms with Gasteiger partial charge in [-0.1, -0.05) is 6.07 Å². The molecular formula is C10H15NS2. The van der Waals surface area contributed by atoms with Gasteiger partial charge in [0, 0.05) is 11.9 Å². The highest BCUT2D eigenvalue weighted by molar-refractivity contribution is 7.99. The fraction of sp³-hybridized carbons (Fsp3) is 0.500. The number of hydrogen-bond acceptors (Lipinski definition) is 3. The number of aryl methyl sites for hydroxylation is 1. The molecule has 72 valence electrons. The van der Waals surface area contributed by atoms with Gasteiger partial charge in [-0.2, -0.15) is 24.4 Å². The molecule has 0 aliphatic rings. The highest BCUT2D eigenvalue weighted by atomic mass is 32.2. The number of rotatable bonds is 6. The number of thiol groups is 1. The average molecular weight is 213 g/mol. The fourth-order valence-corrected chi connectivity index (χ4v) is 2.27. The van der Waals surface area contributed by atoms with Gasteiger partial charge in [-0.25, -0.2) is 0 Å². The zero-order valence-corrected chi connectivity index (χ0v) is 9.36. The molecular weight excluding hydrogens is 198 g/mol. The molecule has 1 rings (SSSR count). The van der Waals surface area contributed by atoms with E-state index >= 15 is 0 Å². The smallest absolute Gasteiger partial charge is 0.0411 e. The van der Waals surface area contributed by atoms with Gasteiger partial charge in [-0.15, -0.1) is 0 Å². The molecule has 13 heavy (non-hydrogen) atoms. The molecule has 0 atom stereocenters. The minimum atomic E-state index is 0.997. The Hall–Kier alpha value is -0.150. The van der Waals surface area contributed by atoms with Gasteiger partial charge in [0.05, 0.1) is 0 Å². The molecule has 0 saturated carbocycles. The minimum absolute atomic E-state index is 0.997. The summed E-state index contributed by atoms with van der Waals surface area (Å²) in [5.74, 6) is 3.39. The number of aromatic nitrogens is 1. The summed E-state index contributed by atoms with van der Waals surface area (Å²) in [5, 5.41) is 0. The summed E-state index contributed by atoms with van der Waals surface area (Å²) in [7, 11) is 0. The Morgan fingerprint density at radius 3 is 2.92 bits per heavy atom. The van der Waals surface area contributed by atoms with Crippen molar-refractivity contribution in [1.29, 1.82) is 0 Å². The summed E-state index contributed by atoms with van der Waals surface area (Å²) in [6.45, 7) is 0. The molecule has 0 bridgehead atoms. The van der Waals surface area contributed by atoms with Gasteiger partial charge in [-0.05, 0) is 42.2 Å². The minimum Gasteiger partial charge on any atom is -0.261 e. The van der Waals surface area contributed by atoms with Crippen molar-refractivity contribution in [2.75, 3.05) is 17.3 Å². The first-order valence-corrected chi connectivity index (χ1v) is 6.30. The van der Waals surface area contributed by atoms with Gasteiger partial charge in [0.15, 0.2) is 0 Å². The lowest BCUT2D eigenvalue weighted by Crippen LogP contribution is -1.92. The Morgan fingerprint density at radius 1 is 1.31 bits per heavy atom. The van der Waals surface area contributed by atoms with Crippen molar-refractivity contribution < 1.29 is 0 Å². The highest BCUT2D eigenvalue weighted by Crippen LogP contribution is 2.06. The molecule has 0 aliphatic heterocycles. The molecule has 0 aliphatic carbocycles. The monoisotopic (exact) mass is 213 g/mol. The molecule has 0 N–H and O–H groups in total. The van der Waals surface area contributed by atoms with E-state index in [1.54, 1.807) is 0 Å². The van der Waals surface area contributed by atoms with Gasteiger partial charge in [0.25, 0.3) is 0 Å². The molecule has 0 amide bonds. The van der Waals surface area contributed by atoms with Gasteiger partial charge >= 0.3 is 0 Å². The first-order chi connectivity index (χ1) is 6.43. The molecule has 1 heterocycles. The van der Waals surface area contributed by atoms with Crippen LogP contribution in [0.25, 0.3) is 0 Å². The Labute approximate surface area is 89.8 Å². The molecule has 0 unspecified atom stereocenters. The van der Waals surface area contributed by atoms with Crippen molar-refractivity contribution in [2.45, 2.75) is 12.8 Å². The normalized spacial score (nSPS) is 10.2. The summed E-state index contributed by atoms with van der Waals surface area (Å²) >= 11 is 6.15. The van der Waals surface area contributed by atoms with E-state index in [1.165, 1.54) is 23.6 Å². The second-order valence-electron chi connectivity index (χ2n) is 2.76. The third kappa shape index (κ3) is 5.21. The van der Waals surface area contributed by atoms with Crippen molar-refractivity contribution in [1.82, 2.24) is 4.98 Å². The van der Waals surface area contributed by atoms with Crippen LogP contribution in [0, 0.1) is 0 Å². The third-order valence-electron chi connectivity index (χ3n) is 1.68. The standard InChI is InChI=1S/C10H15NS2/c12-7-3-8-13-9-5-10-4-1-2-6-11-10/h1-2,4,6,12H,3,5,7-9H2. The Morgan fingerprint density at radius 2 is 2.23 bits per heavy atom. The summed E-state index contributed by atoms with van der Waals surface area (Å²) in [4.78, 5) is 4.27. The van der Waals surface area contributed by atoms with Crippen LogP contribution in [0.1, 0.15) is 12.1 Å². The SMILES string of the molecule is SCCCSCCc1ccccn1. The Bertz CT molecular complexity index is 213. The maximum atomic E-state index is 4.27. The summed E-state index contributed by atoms with van der Waals surface area (Å²) < 4.78 is 0. The summed E-state index contributed by atoms with van der Waals surface area (Å²) in [5.41, 5.74) is 1.20. The lowest BCUT2D eigenvalue weighted by molar-refractivity contribution is 1.04. The largest absolute Gasteiger partial charge is 0.261 e. The van der Waals surface area contributed by atoms with Gasteiger partial charge in [-0.3, -0.25) is 4.98 Å². The lowest BCUT2D eigenvalue weighted by Gasteiger charge is -1.99. The first-order valence-electron chi connectivity index (χ1n) is 4.52. The van der Waals surface area contributed by atoms with Crippen LogP contribution in [0.5, 0.6) is 0 Å². The number of hydrogen-bond donors (Lipinski definition) is 1. The molecule has 1 nitrogen and oxygen atoms in total. The molecule has 0 radical (unpaired) electrons. The van der Waals surface area contributed by atoms with Gasteiger partial charge < -0.3 is 0 Å². The van der Waals surface area contributed by atoms with Crippen molar-refractivity contribution >= 4 is 24.4 Å². The van der Waals surface area contributed by atoms with E-state index in [4.69, 9.17) is 0 Å². The maximum Gasteiger partial charge on any atom is 0.0411 e. The molecule has 0 fully saturated rings. The fourth-order valence-electron chi connectivity index (χ4n) is 0.991. The zero-order chi connectivity index (χ0) is 9.36. The summed E-state index contributed by atoms with van der Waals surface area (Å²) in [6, 6.07) is 6.08. The van der Waals surface area contributed by atoms with Crippen molar-refractivity contribution in [2.24, 2.45) is 0 Å². The van der Waals surface area contributed by atoms with Crippen LogP contribution < -0.4 is 0 Å². The summed E-state index contributed by atoms with van der Waals surface area (Å²) in [6.07, 6.45) is 4.14. The number of thioether (sulfide) groups is 1. The van der Waals surface area contributed by atoms with E-state index in [1.807, 2.05) is 30.1 Å². The molecule has 3 heteroatoms. The third-order valence-corrected chi connectivity index (χ3v) is 3.06. The van der Waals surface area contributed by atoms with E-state index in [2.05, 4.69) is 23.7 Å². The van der Waals surface area contributed by atoms with Crippen molar-refractivity contribution in [3.63, 3.8) is 0 Å². The Kier molecular flexibility index (Phi) is 6.11. The van der Waals surface area contributed by atoms with Crippen LogP contribution in [0.4, 0.5) is 0 Å². The molecule has 0 saturated heterocycles. The first kappa shape index (κ1) is 10.9. The van der Waals surface area contributed by atoms with E-state index in [-0.39, 0.29) is 0 Å². The van der Waals surface area contributed by atoms with Crippen molar-refractivity contribution in [3.8, 4) is 0 Å². The van der Waals surface area contributed by atoms with E-state index in [9.17, 15) is 0 Å². The van der Waals surface area contributed by atoms with Gasteiger partial charge in [0.2, 0.25) is 0 Å². The van der Waals surface area contributed by atoms with Gasteiger partial charge in [0.1, 0.15) is 0 Å². The quantitative estimate of drug-likeness (QED) is 0.576. The zero-order valence-electron chi connectivity index (χ0n) is 7.65. The van der Waals surface area contributed by atoms with Crippen LogP contribution in [-0.4, -0.2) is 22.2 Å². The van der Waals surface area contributed by atoms with E-state index in [0.29, 0.717) is 0 Å². The second-order valence-corrected chi connectivity index (χ2v) is 4.43. The Balaban J connectivity index is 2.07. The molecule has 1 aromatic rings. The second kappa shape index (κ2) is 7.27. The predicted molar refractivity (Wildman–Crippen MR) is 63.7 cm³/mol. The molecule has 0 aromatic carbocycles. The molecule has 1 aromatic heterocycles. The maximum absolute atomic E-state index is 4.27. The molecule has 0 spiro atoms. The average Bonchev–Trinajstić information content (AvgIpc) is 2.19. The topological polar surface area (TPSA) is 12.9 Å². The predicted octanol–water partition coefficient (Wildman–Crippen LogP) is 2.68. The van der Waals surface area contributed by atoms with E-state index in [0.717, 1.165) is 12.2 Å². The van der Waals surface area contributed by atoms with Crippen molar-refractivity contribution in [3.05, 3.63) is 30.1 Å². The highest BCUT2D eigenvalue weighted by Gasteiger charge is 1.93. The van der Waals surface area contributed by atoms with Crippen LogP contribution in [0.3, 0.4) is 0 Å². The van der Waals surface area contributed by atoms with Crippen LogP contribution in [0.15, 0.2) is 24.4 Å². The lowest BCUT2D eigenvalue weighted by atomic mass is 10.3. The van der Waals surface area contributed by atoms with E-state index < -0.39 is 0 Å². The number of pyridine rings is 1. The number of nitrogens with zero attached hydrogens (tertiary/aromatic N) is 1. The van der Waals surface area contributed by atoms with Crippen LogP contribution >= 0.6 is 24.4 Å².